The molecule has 0 aromatic carbocycles. The molecule has 1 aliphatic heterocycles. The van der Waals surface area contributed by atoms with Gasteiger partial charge in [0.25, 0.3) is 11.8 Å². The van der Waals surface area contributed by atoms with E-state index >= 15 is 0 Å². The van der Waals surface area contributed by atoms with Crippen molar-refractivity contribution in [2.75, 3.05) is 25.5 Å². The minimum Gasteiger partial charge on any atom is -0.451 e. The number of thiophene rings is 1. The lowest BCUT2D eigenvalue weighted by Crippen LogP contribution is -2.39. The first kappa shape index (κ1) is 20.8. The summed E-state index contributed by atoms with van der Waals surface area (Å²) < 4.78 is 5.08. The van der Waals surface area contributed by atoms with Crippen molar-refractivity contribution in [2.24, 2.45) is 0 Å². The number of imide groups is 1. The Morgan fingerprint density at radius 1 is 1.28 bits per heavy atom. The normalized spacial score (nSPS) is 17.4. The molecule has 3 rings (SSSR count). The van der Waals surface area contributed by atoms with E-state index in [0.29, 0.717) is 10.6 Å². The van der Waals surface area contributed by atoms with Crippen molar-refractivity contribution in [3.05, 3.63) is 16.0 Å². The summed E-state index contributed by atoms with van der Waals surface area (Å²) in [5.41, 5.74) is 1.49. The van der Waals surface area contributed by atoms with E-state index in [1.54, 1.807) is 0 Å². The number of likely N-dealkylation sites (N-methyl/N-ethyl adjacent to an activating group) is 1. The summed E-state index contributed by atoms with van der Waals surface area (Å²) in [7, 11) is 1.46. The molecule has 1 atom stereocenters. The molecule has 1 aliphatic carbocycles. The SMILES string of the molecule is C[C@H](OC(=O)CN1C(=O)CN(C)C1=O)C(=O)Nc1sc2c(c1C#N)CCCCC2. The summed E-state index contributed by atoms with van der Waals surface area (Å²) in [4.78, 5) is 51.2. The van der Waals surface area contributed by atoms with Gasteiger partial charge in [0.15, 0.2) is 6.10 Å². The highest BCUT2D eigenvalue weighted by Gasteiger charge is 2.36. The standard InChI is InChI=1S/C19H22N4O5S/c1-11(28-16(25)10-23-15(24)9-22(2)19(23)27)17(26)21-18-13(8-20)12-6-4-3-5-7-14(12)29-18/h11H,3-7,9-10H2,1-2H3,(H,21,26)/t11-/m0/s1. The van der Waals surface area contributed by atoms with Gasteiger partial charge in [-0.05, 0) is 38.2 Å². The van der Waals surface area contributed by atoms with Crippen molar-refractivity contribution >= 4 is 40.2 Å². The van der Waals surface area contributed by atoms with Crippen LogP contribution in [-0.4, -0.2) is 59.9 Å². The molecule has 2 heterocycles. The van der Waals surface area contributed by atoms with Gasteiger partial charge in [-0.3, -0.25) is 19.3 Å². The second kappa shape index (κ2) is 8.61. The van der Waals surface area contributed by atoms with Crippen molar-refractivity contribution in [2.45, 2.75) is 45.1 Å². The molecule has 1 aromatic heterocycles. The number of aryl methyl sites for hydroxylation is 1. The number of carbonyl (C=O) groups excluding carboxylic acids is 4. The third kappa shape index (κ3) is 4.40. The Morgan fingerprint density at radius 3 is 2.66 bits per heavy atom. The van der Waals surface area contributed by atoms with E-state index in [1.165, 1.54) is 30.2 Å². The number of nitrogens with one attached hydrogen (secondary N) is 1. The fourth-order valence-corrected chi connectivity index (χ4v) is 4.65. The number of hydrogen-bond acceptors (Lipinski definition) is 7. The number of rotatable bonds is 5. The van der Waals surface area contributed by atoms with Gasteiger partial charge >= 0.3 is 12.0 Å². The molecule has 1 saturated heterocycles. The molecule has 10 heteroatoms. The Hall–Kier alpha value is -2.93. The van der Waals surface area contributed by atoms with Gasteiger partial charge in [-0.15, -0.1) is 11.3 Å². The summed E-state index contributed by atoms with van der Waals surface area (Å²) in [6, 6.07) is 1.60. The molecule has 0 radical (unpaired) electrons. The average molecular weight is 418 g/mol. The van der Waals surface area contributed by atoms with Gasteiger partial charge in [0, 0.05) is 11.9 Å². The number of urea groups is 1. The number of anilines is 1. The van der Waals surface area contributed by atoms with Gasteiger partial charge in [-0.25, -0.2) is 4.79 Å². The van der Waals surface area contributed by atoms with Crippen molar-refractivity contribution in [3.8, 4) is 6.07 Å². The van der Waals surface area contributed by atoms with E-state index in [-0.39, 0.29) is 6.54 Å². The number of ether oxygens (including phenoxy) is 1. The summed E-state index contributed by atoms with van der Waals surface area (Å²) >= 11 is 1.39. The molecule has 9 nitrogen and oxygen atoms in total. The van der Waals surface area contributed by atoms with E-state index in [4.69, 9.17) is 4.74 Å². The predicted octanol–water partition coefficient (Wildman–Crippen LogP) is 1.65. The van der Waals surface area contributed by atoms with Gasteiger partial charge in [0.05, 0.1) is 5.56 Å². The minimum atomic E-state index is -1.14. The molecular formula is C19H22N4O5S. The number of carbonyl (C=O) groups is 4. The number of esters is 1. The zero-order valence-electron chi connectivity index (χ0n) is 16.3. The zero-order chi connectivity index (χ0) is 21.1. The van der Waals surface area contributed by atoms with Gasteiger partial charge in [0.2, 0.25) is 0 Å². The highest BCUT2D eigenvalue weighted by atomic mass is 32.1. The fraction of sp³-hybridized carbons (Fsp3) is 0.526. The highest BCUT2D eigenvalue weighted by molar-refractivity contribution is 7.16. The highest BCUT2D eigenvalue weighted by Crippen LogP contribution is 2.37. The molecule has 29 heavy (non-hydrogen) atoms. The van der Waals surface area contributed by atoms with E-state index in [9.17, 15) is 24.4 Å². The molecule has 1 aromatic rings. The first-order chi connectivity index (χ1) is 13.8. The molecule has 0 saturated carbocycles. The second-order valence-corrected chi connectivity index (χ2v) is 8.23. The topological polar surface area (TPSA) is 120 Å². The van der Waals surface area contributed by atoms with E-state index in [0.717, 1.165) is 47.4 Å². The quantitative estimate of drug-likeness (QED) is 0.441. The number of amides is 4. The second-order valence-electron chi connectivity index (χ2n) is 7.12. The van der Waals surface area contributed by atoms with Crippen LogP contribution in [0.3, 0.4) is 0 Å². The van der Waals surface area contributed by atoms with Gasteiger partial charge in [-0.2, -0.15) is 5.26 Å². The number of fused-ring (bicyclic) bond motifs is 1. The Kier molecular flexibility index (Phi) is 6.17. The van der Waals surface area contributed by atoms with Crippen LogP contribution in [0.2, 0.25) is 0 Å². The van der Waals surface area contributed by atoms with Crippen LogP contribution in [0, 0.1) is 11.3 Å². The third-order valence-electron chi connectivity index (χ3n) is 4.97. The summed E-state index contributed by atoms with van der Waals surface area (Å²) in [6.45, 7) is 0.760. The lowest BCUT2D eigenvalue weighted by molar-refractivity contribution is -0.154. The van der Waals surface area contributed by atoms with Gasteiger partial charge in [0.1, 0.15) is 24.2 Å². The van der Waals surface area contributed by atoms with Crippen LogP contribution < -0.4 is 5.32 Å². The maximum absolute atomic E-state index is 12.5. The van der Waals surface area contributed by atoms with Gasteiger partial charge < -0.3 is 15.0 Å². The molecule has 0 unspecified atom stereocenters. The summed E-state index contributed by atoms with van der Waals surface area (Å²) in [5.74, 6) is -1.92. The maximum atomic E-state index is 12.5. The van der Waals surface area contributed by atoms with Gasteiger partial charge in [-0.1, -0.05) is 6.42 Å². The fourth-order valence-electron chi connectivity index (χ4n) is 3.40. The van der Waals surface area contributed by atoms with Crippen molar-refractivity contribution in [3.63, 3.8) is 0 Å². The lowest BCUT2D eigenvalue weighted by Gasteiger charge is -2.16. The molecular weight excluding hydrogens is 396 g/mol. The monoisotopic (exact) mass is 418 g/mol. The van der Waals surface area contributed by atoms with Crippen molar-refractivity contribution < 1.29 is 23.9 Å². The maximum Gasteiger partial charge on any atom is 0.327 e. The van der Waals surface area contributed by atoms with Crippen LogP contribution in [0.25, 0.3) is 0 Å². The summed E-state index contributed by atoms with van der Waals surface area (Å²) in [5, 5.41) is 12.7. The van der Waals surface area contributed by atoms with Crippen LogP contribution in [0.5, 0.6) is 0 Å². The van der Waals surface area contributed by atoms with Crippen LogP contribution in [0.15, 0.2) is 0 Å². The number of nitriles is 1. The van der Waals surface area contributed by atoms with Crippen LogP contribution in [0.1, 0.15) is 42.2 Å². The first-order valence-corrected chi connectivity index (χ1v) is 10.2. The number of nitrogens with zero attached hydrogens (tertiary/aromatic N) is 3. The Bertz CT molecular complexity index is 903. The molecule has 1 fully saturated rings. The molecule has 1 N–H and O–H groups in total. The van der Waals surface area contributed by atoms with E-state index in [2.05, 4.69) is 11.4 Å². The molecule has 4 amide bonds. The Labute approximate surface area is 172 Å². The van der Waals surface area contributed by atoms with Crippen molar-refractivity contribution in [1.29, 1.82) is 5.26 Å². The smallest absolute Gasteiger partial charge is 0.327 e. The number of hydrogen-bond donors (Lipinski definition) is 1. The van der Waals surface area contributed by atoms with Crippen LogP contribution in [-0.2, 0) is 32.0 Å². The Morgan fingerprint density at radius 2 is 2.00 bits per heavy atom. The van der Waals surface area contributed by atoms with E-state index < -0.39 is 36.5 Å². The zero-order valence-corrected chi connectivity index (χ0v) is 17.1. The predicted molar refractivity (Wildman–Crippen MR) is 104 cm³/mol. The largest absolute Gasteiger partial charge is 0.451 e. The minimum absolute atomic E-state index is 0.0951. The molecule has 0 bridgehead atoms. The summed E-state index contributed by atoms with van der Waals surface area (Å²) in [6.07, 6.45) is 3.77. The molecule has 2 aliphatic rings. The first-order valence-electron chi connectivity index (χ1n) is 9.42. The molecule has 154 valence electrons. The van der Waals surface area contributed by atoms with Crippen molar-refractivity contribution in [1.82, 2.24) is 9.80 Å². The molecule has 0 spiro atoms. The third-order valence-corrected chi connectivity index (χ3v) is 6.17. The van der Waals surface area contributed by atoms with Crippen LogP contribution >= 0.6 is 11.3 Å². The Balaban J connectivity index is 1.61. The lowest BCUT2D eigenvalue weighted by atomic mass is 10.1. The average Bonchev–Trinajstić information content (AvgIpc) is 2.99. The van der Waals surface area contributed by atoms with Crippen LogP contribution in [0.4, 0.5) is 9.80 Å². The van der Waals surface area contributed by atoms with E-state index in [1.807, 2.05) is 0 Å².